The van der Waals surface area contributed by atoms with E-state index in [4.69, 9.17) is 26.0 Å². The Morgan fingerprint density at radius 3 is 2.33 bits per heavy atom. The summed E-state index contributed by atoms with van der Waals surface area (Å²) in [7, 11) is 0. The maximum Gasteiger partial charge on any atom is 0.375 e. The molecule has 1 saturated heterocycles. The molecule has 0 aromatic carbocycles. The number of hydrogen-bond acceptors (Lipinski definition) is 8. The third kappa shape index (κ3) is 8.13. The summed E-state index contributed by atoms with van der Waals surface area (Å²) in [5.74, 6) is -7.85. The standard InChI is InChI=1S/C21H37F2N3O7/c1-3-4-5-6-7-8-9-32-19(31)21(23)18(22)15(26-20(24)25)13(10-12(2)28)17(33-21)16(30)14(29)11-27/h13-18,27,29-30H,3-11H2,1-2H3,(H4,24,25,26)/t13-,14-,15+,16-,17?,18?,21-/m1/s1. The first-order valence-corrected chi connectivity index (χ1v) is 11.2. The van der Waals surface area contributed by atoms with Gasteiger partial charge < -0.3 is 41.1 Å². The van der Waals surface area contributed by atoms with Crippen LogP contribution in [0.15, 0.2) is 4.99 Å². The number of nitrogens with two attached hydrogens (primary N) is 2. The van der Waals surface area contributed by atoms with Crippen LogP contribution in [0.2, 0.25) is 0 Å². The van der Waals surface area contributed by atoms with Crippen molar-refractivity contribution >= 4 is 17.7 Å². The number of aliphatic hydroxyl groups excluding tert-OH is 3. The Morgan fingerprint density at radius 1 is 1.18 bits per heavy atom. The molecule has 12 heteroatoms. The highest BCUT2D eigenvalue weighted by atomic mass is 19.2. The maximum absolute atomic E-state index is 15.7. The SMILES string of the molecule is CCCCCCCCOC(=O)[C@]1(F)OC([C@H](O)[C@H](O)CO)[C@H](CC(C)=O)[C@H](N=C(N)N)C1F. The molecule has 0 saturated carbocycles. The van der Waals surface area contributed by atoms with Crippen LogP contribution in [-0.4, -0.2) is 82.6 Å². The topological polar surface area (TPSA) is 178 Å². The van der Waals surface area contributed by atoms with Crippen LogP contribution in [0.1, 0.15) is 58.8 Å². The van der Waals surface area contributed by atoms with E-state index in [1.54, 1.807) is 0 Å². The van der Waals surface area contributed by atoms with Crippen molar-refractivity contribution in [2.75, 3.05) is 13.2 Å². The van der Waals surface area contributed by atoms with E-state index in [0.717, 1.165) is 39.0 Å². The predicted molar refractivity (Wildman–Crippen MR) is 115 cm³/mol. The molecular weight excluding hydrogens is 444 g/mol. The van der Waals surface area contributed by atoms with Crippen LogP contribution in [0.5, 0.6) is 0 Å². The van der Waals surface area contributed by atoms with Gasteiger partial charge in [-0.3, -0.25) is 0 Å². The zero-order valence-electron chi connectivity index (χ0n) is 19.2. The number of unbranched alkanes of at least 4 members (excludes halogenated alkanes) is 5. The molecule has 1 aliphatic heterocycles. The fourth-order valence-electron chi connectivity index (χ4n) is 3.84. The second-order valence-electron chi connectivity index (χ2n) is 8.39. The van der Waals surface area contributed by atoms with Gasteiger partial charge in [0.2, 0.25) is 0 Å². The molecule has 33 heavy (non-hydrogen) atoms. The Hall–Kier alpha value is -1.89. The van der Waals surface area contributed by atoms with Crippen molar-refractivity contribution in [3.8, 4) is 0 Å². The highest BCUT2D eigenvalue weighted by Crippen LogP contribution is 2.42. The molecule has 10 nitrogen and oxygen atoms in total. The number of carbonyl (C=O) groups excluding carboxylic acids is 2. The largest absolute Gasteiger partial charge is 0.461 e. The second-order valence-corrected chi connectivity index (χ2v) is 8.39. The lowest BCUT2D eigenvalue weighted by molar-refractivity contribution is -0.286. The average Bonchev–Trinajstić information content (AvgIpc) is 2.76. The third-order valence-electron chi connectivity index (χ3n) is 5.57. The Kier molecular flexibility index (Phi) is 12.1. The van der Waals surface area contributed by atoms with E-state index >= 15 is 8.78 Å². The van der Waals surface area contributed by atoms with Crippen LogP contribution in [0.3, 0.4) is 0 Å². The van der Waals surface area contributed by atoms with Gasteiger partial charge in [-0.2, -0.15) is 4.39 Å². The highest BCUT2D eigenvalue weighted by molar-refractivity contribution is 5.80. The van der Waals surface area contributed by atoms with Crippen LogP contribution < -0.4 is 11.5 Å². The van der Waals surface area contributed by atoms with E-state index in [9.17, 15) is 19.8 Å². The molecule has 1 fully saturated rings. The zero-order valence-corrected chi connectivity index (χ0v) is 19.2. The minimum atomic E-state index is -3.71. The normalized spacial score (nSPS) is 29.2. The fraction of sp³-hybridized carbons (Fsp3) is 0.857. The number of guanidine groups is 1. The van der Waals surface area contributed by atoms with Crippen molar-refractivity contribution in [3.05, 3.63) is 0 Å². The molecule has 0 aromatic heterocycles. The minimum absolute atomic E-state index is 0.178. The molecular formula is C21H37F2N3O7. The number of esters is 1. The van der Waals surface area contributed by atoms with Crippen LogP contribution >= 0.6 is 0 Å². The van der Waals surface area contributed by atoms with Gasteiger partial charge in [-0.15, -0.1) is 0 Å². The number of ketones is 1. The predicted octanol–water partition coefficient (Wildman–Crippen LogP) is 0.244. The smallest absolute Gasteiger partial charge is 0.375 e. The van der Waals surface area contributed by atoms with Crippen molar-refractivity contribution in [1.82, 2.24) is 0 Å². The molecule has 1 heterocycles. The second kappa shape index (κ2) is 13.7. The van der Waals surface area contributed by atoms with Gasteiger partial charge in [0.05, 0.1) is 25.4 Å². The van der Waals surface area contributed by atoms with Gasteiger partial charge in [0.1, 0.15) is 18.0 Å². The Bertz CT molecular complexity index is 666. The zero-order chi connectivity index (χ0) is 25.2. The quantitative estimate of drug-likeness (QED) is 0.101. The van der Waals surface area contributed by atoms with Gasteiger partial charge >= 0.3 is 11.8 Å². The summed E-state index contributed by atoms with van der Waals surface area (Å²) in [5.41, 5.74) is 10.7. The molecule has 192 valence electrons. The van der Waals surface area contributed by atoms with Gasteiger partial charge in [0, 0.05) is 12.3 Å². The van der Waals surface area contributed by atoms with Gasteiger partial charge in [-0.25, -0.2) is 14.2 Å². The lowest BCUT2D eigenvalue weighted by Gasteiger charge is -2.46. The van der Waals surface area contributed by atoms with Crippen molar-refractivity contribution in [1.29, 1.82) is 0 Å². The van der Waals surface area contributed by atoms with Crippen molar-refractivity contribution in [3.63, 3.8) is 0 Å². The van der Waals surface area contributed by atoms with Crippen molar-refractivity contribution < 1.29 is 43.2 Å². The average molecular weight is 482 g/mol. The van der Waals surface area contributed by atoms with Gasteiger partial charge in [-0.1, -0.05) is 39.0 Å². The minimum Gasteiger partial charge on any atom is -0.461 e. The summed E-state index contributed by atoms with van der Waals surface area (Å²) in [4.78, 5) is 27.9. The van der Waals surface area contributed by atoms with Crippen molar-refractivity contribution in [2.24, 2.45) is 22.4 Å². The molecule has 1 rings (SSSR count). The maximum atomic E-state index is 15.7. The molecule has 2 unspecified atom stereocenters. The summed E-state index contributed by atoms with van der Waals surface area (Å²) < 4.78 is 40.9. The first-order chi connectivity index (χ1) is 15.5. The molecule has 0 amide bonds. The van der Waals surface area contributed by atoms with E-state index < -0.39 is 73.0 Å². The number of alkyl halides is 2. The van der Waals surface area contributed by atoms with Crippen LogP contribution in [0, 0.1) is 5.92 Å². The first kappa shape index (κ1) is 29.1. The molecule has 0 spiro atoms. The highest BCUT2D eigenvalue weighted by Gasteiger charge is 2.63. The number of rotatable bonds is 14. The fourth-order valence-corrected chi connectivity index (χ4v) is 3.84. The number of hydrogen-bond donors (Lipinski definition) is 5. The summed E-state index contributed by atoms with van der Waals surface area (Å²) in [6.45, 7) is 2.11. The molecule has 7 atom stereocenters. The van der Waals surface area contributed by atoms with Crippen LogP contribution in [0.25, 0.3) is 0 Å². The number of carbonyl (C=O) groups is 2. The Balaban J connectivity index is 3.12. The summed E-state index contributed by atoms with van der Waals surface area (Å²) >= 11 is 0. The van der Waals surface area contributed by atoms with Gasteiger partial charge in [0.15, 0.2) is 12.1 Å². The number of aliphatic hydroxyl groups is 3. The van der Waals surface area contributed by atoms with E-state index in [-0.39, 0.29) is 6.61 Å². The van der Waals surface area contributed by atoms with E-state index in [0.29, 0.717) is 6.42 Å². The van der Waals surface area contributed by atoms with Crippen LogP contribution in [-0.2, 0) is 19.1 Å². The monoisotopic (exact) mass is 481 g/mol. The van der Waals surface area contributed by atoms with Crippen LogP contribution in [0.4, 0.5) is 8.78 Å². The molecule has 1 aliphatic rings. The number of aliphatic imine (C=N–C) groups is 1. The number of halogens is 2. The molecule has 7 N–H and O–H groups in total. The van der Waals surface area contributed by atoms with Gasteiger partial charge in [-0.05, 0) is 13.3 Å². The summed E-state index contributed by atoms with van der Waals surface area (Å²) in [5, 5.41) is 29.4. The van der Waals surface area contributed by atoms with E-state index in [1.165, 1.54) is 0 Å². The number of ether oxygens (including phenoxy) is 2. The Morgan fingerprint density at radius 2 is 1.79 bits per heavy atom. The molecule has 0 aliphatic carbocycles. The van der Waals surface area contributed by atoms with E-state index in [1.807, 2.05) is 0 Å². The van der Waals surface area contributed by atoms with Crippen molar-refractivity contribution in [2.45, 2.75) is 95.2 Å². The third-order valence-corrected chi connectivity index (χ3v) is 5.57. The Labute approximate surface area is 192 Å². The summed E-state index contributed by atoms with van der Waals surface area (Å²) in [6, 6.07) is -1.80. The molecule has 0 bridgehead atoms. The molecule has 0 aromatic rings. The summed E-state index contributed by atoms with van der Waals surface area (Å²) in [6.07, 6.45) is -3.62. The van der Waals surface area contributed by atoms with Gasteiger partial charge in [0.25, 0.3) is 0 Å². The lowest BCUT2D eigenvalue weighted by atomic mass is 9.78. The lowest BCUT2D eigenvalue weighted by Crippen LogP contribution is -2.65. The first-order valence-electron chi connectivity index (χ1n) is 11.2. The number of nitrogens with zero attached hydrogens (tertiary/aromatic N) is 1. The molecule has 0 radical (unpaired) electrons. The number of Topliss-reactive ketones (excluding diaryl/α,β-unsaturated/α-hetero) is 1. The van der Waals surface area contributed by atoms with E-state index in [2.05, 4.69) is 11.9 Å².